The van der Waals surface area contributed by atoms with Gasteiger partial charge in [-0.3, -0.25) is 9.69 Å². The maximum absolute atomic E-state index is 13.0. The minimum Gasteiger partial charge on any atom is -0.469 e. The molecule has 5 rings (SSSR count). The van der Waals surface area contributed by atoms with Crippen molar-refractivity contribution in [2.75, 3.05) is 25.5 Å². The summed E-state index contributed by atoms with van der Waals surface area (Å²) in [4.78, 5) is 15.6. The highest BCUT2D eigenvalue weighted by molar-refractivity contribution is 5.80. The van der Waals surface area contributed by atoms with Crippen molar-refractivity contribution < 1.29 is 9.53 Å². The normalized spacial score (nSPS) is 40.8. The van der Waals surface area contributed by atoms with E-state index in [1.165, 1.54) is 16.8 Å². The van der Waals surface area contributed by atoms with Crippen molar-refractivity contribution >= 4 is 11.7 Å². The van der Waals surface area contributed by atoms with Gasteiger partial charge in [-0.1, -0.05) is 29.8 Å². The average molecular weight is 324 g/mol. The van der Waals surface area contributed by atoms with Crippen LogP contribution in [0, 0.1) is 11.8 Å². The van der Waals surface area contributed by atoms with Crippen molar-refractivity contribution in [1.82, 2.24) is 4.90 Å². The monoisotopic (exact) mass is 324 g/mol. The number of esters is 1. The molecule has 1 saturated carbocycles. The van der Waals surface area contributed by atoms with Gasteiger partial charge in [-0.25, -0.2) is 0 Å². The van der Waals surface area contributed by atoms with Crippen LogP contribution in [0.3, 0.4) is 0 Å². The second kappa shape index (κ2) is 4.85. The van der Waals surface area contributed by atoms with Crippen LogP contribution >= 0.6 is 0 Å². The third-order valence-corrected chi connectivity index (χ3v) is 7.10. The number of rotatable bonds is 1. The molecule has 0 unspecified atom stereocenters. The Balaban J connectivity index is 1.76. The van der Waals surface area contributed by atoms with Gasteiger partial charge < -0.3 is 10.1 Å². The SMILES string of the molecule is C/C=C1/CN2CC[C@@]34c5ccccc5N[C@H]3[C@@H]2C[C@@H]1[C@H]4C(=O)OC. The number of benzene rings is 1. The number of para-hydroxylation sites is 1. The molecule has 4 nitrogen and oxygen atoms in total. The number of piperidine rings is 2. The first-order valence-electron chi connectivity index (χ1n) is 9.03. The Morgan fingerprint density at radius 3 is 3.04 bits per heavy atom. The molecule has 5 atom stereocenters. The van der Waals surface area contributed by atoms with Crippen LogP contribution in [0.4, 0.5) is 5.69 Å². The number of nitrogens with zero attached hydrogens (tertiary/aromatic N) is 1. The second-order valence-electron chi connectivity index (χ2n) is 7.70. The molecule has 1 N–H and O–H groups in total. The van der Waals surface area contributed by atoms with Crippen LogP contribution in [0.1, 0.15) is 25.3 Å². The maximum atomic E-state index is 13.0. The summed E-state index contributed by atoms with van der Waals surface area (Å²) in [6.45, 7) is 4.18. The van der Waals surface area contributed by atoms with E-state index in [0.29, 0.717) is 18.0 Å². The van der Waals surface area contributed by atoms with E-state index >= 15 is 0 Å². The zero-order valence-electron chi connectivity index (χ0n) is 14.3. The summed E-state index contributed by atoms with van der Waals surface area (Å²) in [6.07, 6.45) is 4.33. The molecule has 24 heavy (non-hydrogen) atoms. The molecule has 1 aromatic rings. The number of allylic oxidation sites excluding steroid dienone is 1. The summed E-state index contributed by atoms with van der Waals surface area (Å²) in [5.74, 6) is 0.207. The standard InChI is InChI=1S/C20H24N2O2/c1-3-12-11-22-9-8-20-14-6-4-5-7-15(14)21-18(20)16(22)10-13(12)17(20)19(23)24-2/h3-7,13,16-18,21H,8-11H2,1-2H3/b12-3-/t13-,16-,17-,18-,20-/m0/s1. The topological polar surface area (TPSA) is 41.6 Å². The van der Waals surface area contributed by atoms with Crippen LogP contribution < -0.4 is 5.32 Å². The minimum atomic E-state index is -0.123. The number of carbonyl (C=O) groups is 1. The molecule has 0 aromatic heterocycles. The molecular formula is C20H24N2O2. The lowest BCUT2D eigenvalue weighted by molar-refractivity contribution is -0.158. The predicted octanol–water partition coefficient (Wildman–Crippen LogP) is 2.56. The fourth-order valence-corrected chi connectivity index (χ4v) is 6.19. The van der Waals surface area contributed by atoms with Gasteiger partial charge in [-0.05, 0) is 43.9 Å². The number of hydrogen-bond donors (Lipinski definition) is 1. The van der Waals surface area contributed by atoms with Crippen LogP contribution in [-0.4, -0.2) is 43.2 Å². The zero-order chi connectivity index (χ0) is 16.5. The summed E-state index contributed by atoms with van der Waals surface area (Å²) < 4.78 is 5.33. The van der Waals surface area contributed by atoms with E-state index in [-0.39, 0.29) is 17.3 Å². The largest absolute Gasteiger partial charge is 0.469 e. The van der Waals surface area contributed by atoms with Crippen molar-refractivity contribution in [2.45, 2.75) is 37.3 Å². The first-order chi connectivity index (χ1) is 11.7. The van der Waals surface area contributed by atoms with Crippen molar-refractivity contribution in [2.24, 2.45) is 11.8 Å². The fraction of sp³-hybridized carbons (Fsp3) is 0.550. The van der Waals surface area contributed by atoms with Crippen LogP contribution in [0.25, 0.3) is 0 Å². The Kier molecular flexibility index (Phi) is 2.94. The highest BCUT2D eigenvalue weighted by Crippen LogP contribution is 2.61. The molecule has 3 bridgehead atoms. The van der Waals surface area contributed by atoms with Gasteiger partial charge in [0.25, 0.3) is 0 Å². The Labute approximate surface area is 142 Å². The van der Waals surface area contributed by atoms with Crippen molar-refractivity contribution in [3.8, 4) is 0 Å². The van der Waals surface area contributed by atoms with Gasteiger partial charge in [0.2, 0.25) is 0 Å². The molecule has 3 aliphatic heterocycles. The van der Waals surface area contributed by atoms with Gasteiger partial charge in [0.15, 0.2) is 0 Å². The number of hydrogen-bond acceptors (Lipinski definition) is 4. The molecule has 4 heteroatoms. The number of fused-ring (bicyclic) bond motifs is 2. The molecule has 0 radical (unpaired) electrons. The van der Waals surface area contributed by atoms with E-state index in [1.807, 2.05) is 0 Å². The summed E-state index contributed by atoms with van der Waals surface area (Å²) >= 11 is 0. The van der Waals surface area contributed by atoms with E-state index < -0.39 is 0 Å². The summed E-state index contributed by atoms with van der Waals surface area (Å²) in [7, 11) is 1.54. The summed E-state index contributed by atoms with van der Waals surface area (Å²) in [5, 5.41) is 3.79. The van der Waals surface area contributed by atoms with Crippen LogP contribution in [0.5, 0.6) is 0 Å². The zero-order valence-corrected chi connectivity index (χ0v) is 14.3. The van der Waals surface area contributed by atoms with E-state index in [2.05, 4.69) is 47.5 Å². The van der Waals surface area contributed by atoms with Gasteiger partial charge in [-0.2, -0.15) is 0 Å². The van der Waals surface area contributed by atoms with Crippen LogP contribution in [0.15, 0.2) is 35.9 Å². The molecule has 3 heterocycles. The number of nitrogens with one attached hydrogen (secondary N) is 1. The Bertz CT molecular complexity index is 743. The molecule has 3 fully saturated rings. The number of anilines is 1. The summed E-state index contributed by atoms with van der Waals surface area (Å²) in [5.41, 5.74) is 3.84. The van der Waals surface area contributed by atoms with Gasteiger partial charge >= 0.3 is 5.97 Å². The van der Waals surface area contributed by atoms with Gasteiger partial charge in [0.1, 0.15) is 0 Å². The lowest BCUT2D eigenvalue weighted by atomic mass is 9.50. The third-order valence-electron chi connectivity index (χ3n) is 7.10. The number of carbonyl (C=O) groups excluding carboxylic acids is 1. The number of ether oxygens (including phenoxy) is 1. The van der Waals surface area contributed by atoms with E-state index in [1.54, 1.807) is 7.11 Å². The molecule has 126 valence electrons. The van der Waals surface area contributed by atoms with Crippen LogP contribution in [-0.2, 0) is 14.9 Å². The average Bonchev–Trinajstić information content (AvgIpc) is 2.96. The molecular weight excluding hydrogens is 300 g/mol. The summed E-state index contributed by atoms with van der Waals surface area (Å²) in [6, 6.07) is 9.43. The molecule has 4 aliphatic rings. The predicted molar refractivity (Wildman–Crippen MR) is 92.9 cm³/mol. The Morgan fingerprint density at radius 2 is 2.25 bits per heavy atom. The molecule has 0 amide bonds. The van der Waals surface area contributed by atoms with Gasteiger partial charge in [0, 0.05) is 23.7 Å². The van der Waals surface area contributed by atoms with E-state index in [4.69, 9.17) is 4.74 Å². The highest BCUT2D eigenvalue weighted by Gasteiger charge is 2.67. The quantitative estimate of drug-likeness (QED) is 0.637. The Morgan fingerprint density at radius 1 is 1.42 bits per heavy atom. The van der Waals surface area contributed by atoms with Gasteiger partial charge in [-0.15, -0.1) is 0 Å². The van der Waals surface area contributed by atoms with Gasteiger partial charge in [0.05, 0.1) is 19.1 Å². The lowest BCUT2D eigenvalue weighted by Crippen LogP contribution is -2.71. The van der Waals surface area contributed by atoms with Crippen molar-refractivity contribution in [3.05, 3.63) is 41.5 Å². The molecule has 1 aromatic carbocycles. The first-order valence-corrected chi connectivity index (χ1v) is 9.03. The molecule has 2 saturated heterocycles. The van der Waals surface area contributed by atoms with Crippen molar-refractivity contribution in [3.63, 3.8) is 0 Å². The molecule has 0 spiro atoms. The fourth-order valence-electron chi connectivity index (χ4n) is 6.19. The first kappa shape index (κ1) is 14.5. The third kappa shape index (κ3) is 1.55. The smallest absolute Gasteiger partial charge is 0.310 e. The maximum Gasteiger partial charge on any atom is 0.310 e. The van der Waals surface area contributed by atoms with Crippen molar-refractivity contribution in [1.29, 1.82) is 0 Å². The van der Waals surface area contributed by atoms with E-state index in [9.17, 15) is 4.79 Å². The van der Waals surface area contributed by atoms with E-state index in [0.717, 1.165) is 25.9 Å². The highest BCUT2D eigenvalue weighted by atomic mass is 16.5. The van der Waals surface area contributed by atoms with Crippen LogP contribution in [0.2, 0.25) is 0 Å². The minimum absolute atomic E-state index is 0.0309. The molecule has 1 aliphatic carbocycles. The Hall–Kier alpha value is -1.81. The number of methoxy groups -OCH3 is 1. The lowest BCUT2D eigenvalue weighted by Gasteiger charge is -2.62. The second-order valence-corrected chi connectivity index (χ2v) is 7.70.